The highest BCUT2D eigenvalue weighted by Gasteiger charge is 2.00. The van der Waals surface area contributed by atoms with Crippen molar-refractivity contribution in [3.05, 3.63) is 35.4 Å². The summed E-state index contributed by atoms with van der Waals surface area (Å²) in [7, 11) is 0. The van der Waals surface area contributed by atoms with Crippen LogP contribution in [0.2, 0.25) is 0 Å². The molecule has 106 valence electrons. The Morgan fingerprint density at radius 2 is 2.16 bits per heavy atom. The third kappa shape index (κ3) is 7.59. The van der Waals surface area contributed by atoms with Crippen LogP contribution in [0.4, 0.5) is 0 Å². The molecule has 0 saturated carbocycles. The molecule has 0 radical (unpaired) electrons. The molecule has 4 nitrogen and oxygen atoms in total. The SMILES string of the molecule is CCOC(=O)COCCNCCc1cccc(C)c1. The molecule has 19 heavy (non-hydrogen) atoms. The lowest BCUT2D eigenvalue weighted by atomic mass is 10.1. The Labute approximate surface area is 115 Å². The number of nitrogens with one attached hydrogen (secondary N) is 1. The van der Waals surface area contributed by atoms with Crippen LogP contribution in [0.3, 0.4) is 0 Å². The summed E-state index contributed by atoms with van der Waals surface area (Å²) in [6.07, 6.45) is 1.000. The van der Waals surface area contributed by atoms with Crippen molar-refractivity contribution in [2.45, 2.75) is 20.3 Å². The Balaban J connectivity index is 1.98. The fourth-order valence-electron chi connectivity index (χ4n) is 1.73. The number of hydrogen-bond donors (Lipinski definition) is 1. The number of hydrogen-bond acceptors (Lipinski definition) is 4. The molecule has 0 unspecified atom stereocenters. The maximum atomic E-state index is 11.0. The van der Waals surface area contributed by atoms with Crippen LogP contribution in [0.5, 0.6) is 0 Å². The van der Waals surface area contributed by atoms with Crippen LogP contribution in [-0.2, 0) is 20.7 Å². The fraction of sp³-hybridized carbons (Fsp3) is 0.533. The number of ether oxygens (including phenoxy) is 2. The summed E-state index contributed by atoms with van der Waals surface area (Å²) in [5, 5.41) is 3.28. The van der Waals surface area contributed by atoms with Gasteiger partial charge in [-0.3, -0.25) is 0 Å². The van der Waals surface area contributed by atoms with Gasteiger partial charge in [0.05, 0.1) is 13.2 Å². The highest BCUT2D eigenvalue weighted by Crippen LogP contribution is 2.03. The van der Waals surface area contributed by atoms with Gasteiger partial charge >= 0.3 is 5.97 Å². The first-order valence-electron chi connectivity index (χ1n) is 6.72. The van der Waals surface area contributed by atoms with E-state index in [9.17, 15) is 4.79 Å². The molecule has 1 aromatic carbocycles. The number of carbonyl (C=O) groups excluding carboxylic acids is 1. The minimum Gasteiger partial charge on any atom is -0.464 e. The molecule has 4 heteroatoms. The Morgan fingerprint density at radius 1 is 1.32 bits per heavy atom. The summed E-state index contributed by atoms with van der Waals surface area (Å²) >= 11 is 0. The molecule has 1 aromatic rings. The second-order valence-corrected chi connectivity index (χ2v) is 4.35. The number of aryl methyl sites for hydroxylation is 1. The first-order chi connectivity index (χ1) is 9.22. The fourth-order valence-corrected chi connectivity index (χ4v) is 1.73. The summed E-state index contributed by atoms with van der Waals surface area (Å²) < 4.78 is 9.94. The predicted octanol–water partition coefficient (Wildman–Crippen LogP) is 1.71. The van der Waals surface area contributed by atoms with Gasteiger partial charge < -0.3 is 14.8 Å². The van der Waals surface area contributed by atoms with E-state index in [1.54, 1.807) is 6.92 Å². The van der Waals surface area contributed by atoms with Gasteiger partial charge in [-0.05, 0) is 32.4 Å². The van der Waals surface area contributed by atoms with Crippen molar-refractivity contribution >= 4 is 5.97 Å². The molecule has 0 aliphatic rings. The Morgan fingerprint density at radius 3 is 2.89 bits per heavy atom. The van der Waals surface area contributed by atoms with Gasteiger partial charge in [-0.15, -0.1) is 0 Å². The zero-order valence-electron chi connectivity index (χ0n) is 11.8. The lowest BCUT2D eigenvalue weighted by Gasteiger charge is -2.06. The molecular formula is C15H23NO3. The van der Waals surface area contributed by atoms with Crippen molar-refractivity contribution in [1.82, 2.24) is 5.32 Å². The first-order valence-corrected chi connectivity index (χ1v) is 6.72. The van der Waals surface area contributed by atoms with E-state index < -0.39 is 0 Å². The van der Waals surface area contributed by atoms with E-state index in [1.807, 2.05) is 0 Å². The van der Waals surface area contributed by atoms with Gasteiger partial charge in [-0.25, -0.2) is 4.79 Å². The van der Waals surface area contributed by atoms with E-state index in [2.05, 4.69) is 36.5 Å². The third-order valence-electron chi connectivity index (χ3n) is 2.62. The Hall–Kier alpha value is -1.39. The van der Waals surface area contributed by atoms with Crippen molar-refractivity contribution in [3.8, 4) is 0 Å². The minimum absolute atomic E-state index is 0.0351. The van der Waals surface area contributed by atoms with Gasteiger partial charge in [0.25, 0.3) is 0 Å². The summed E-state index contributed by atoms with van der Waals surface area (Å²) in [6.45, 7) is 6.49. The molecule has 0 aromatic heterocycles. The topological polar surface area (TPSA) is 47.6 Å². The van der Waals surface area contributed by atoms with Crippen LogP contribution < -0.4 is 5.32 Å². The molecule has 1 rings (SSSR count). The molecule has 0 bridgehead atoms. The third-order valence-corrected chi connectivity index (χ3v) is 2.62. The molecular weight excluding hydrogens is 242 g/mol. The number of esters is 1. The normalized spacial score (nSPS) is 10.4. The number of rotatable bonds is 9. The van der Waals surface area contributed by atoms with Gasteiger partial charge in [0.1, 0.15) is 6.61 Å². The Bertz CT molecular complexity index is 379. The zero-order valence-corrected chi connectivity index (χ0v) is 11.8. The highest BCUT2D eigenvalue weighted by molar-refractivity contribution is 5.70. The molecule has 0 aliphatic carbocycles. The smallest absolute Gasteiger partial charge is 0.332 e. The van der Waals surface area contributed by atoms with Gasteiger partial charge in [0, 0.05) is 6.54 Å². The number of carbonyl (C=O) groups is 1. The van der Waals surface area contributed by atoms with Crippen LogP contribution in [0.15, 0.2) is 24.3 Å². The van der Waals surface area contributed by atoms with Gasteiger partial charge in [-0.2, -0.15) is 0 Å². The molecule has 0 atom stereocenters. The number of benzene rings is 1. The lowest BCUT2D eigenvalue weighted by molar-refractivity contribution is -0.148. The van der Waals surface area contributed by atoms with Gasteiger partial charge in [0.15, 0.2) is 0 Å². The van der Waals surface area contributed by atoms with E-state index in [1.165, 1.54) is 11.1 Å². The second kappa shape index (κ2) is 9.53. The zero-order chi connectivity index (χ0) is 13.9. The van der Waals surface area contributed by atoms with E-state index in [0.29, 0.717) is 13.2 Å². The summed E-state index contributed by atoms with van der Waals surface area (Å²) in [5.41, 5.74) is 2.62. The van der Waals surface area contributed by atoms with Crippen LogP contribution in [0, 0.1) is 6.92 Å². The molecule has 0 amide bonds. The molecule has 0 heterocycles. The molecule has 0 saturated heterocycles. The van der Waals surface area contributed by atoms with Crippen molar-refractivity contribution < 1.29 is 14.3 Å². The van der Waals surface area contributed by atoms with E-state index in [4.69, 9.17) is 9.47 Å². The minimum atomic E-state index is -0.303. The van der Waals surface area contributed by atoms with Crippen LogP contribution >= 0.6 is 0 Å². The molecule has 0 spiro atoms. The van der Waals surface area contributed by atoms with Crippen LogP contribution in [0.25, 0.3) is 0 Å². The van der Waals surface area contributed by atoms with Crippen molar-refractivity contribution in [2.75, 3.05) is 32.9 Å². The summed E-state index contributed by atoms with van der Waals surface area (Å²) in [4.78, 5) is 11.0. The van der Waals surface area contributed by atoms with Crippen molar-refractivity contribution in [1.29, 1.82) is 0 Å². The van der Waals surface area contributed by atoms with E-state index in [0.717, 1.165) is 19.5 Å². The van der Waals surface area contributed by atoms with E-state index in [-0.39, 0.29) is 12.6 Å². The van der Waals surface area contributed by atoms with Crippen LogP contribution in [0.1, 0.15) is 18.1 Å². The highest BCUT2D eigenvalue weighted by atomic mass is 16.6. The Kier molecular flexibility index (Phi) is 7.86. The van der Waals surface area contributed by atoms with Crippen molar-refractivity contribution in [3.63, 3.8) is 0 Å². The summed E-state index contributed by atoms with van der Waals surface area (Å²) in [6, 6.07) is 8.50. The van der Waals surface area contributed by atoms with E-state index >= 15 is 0 Å². The lowest BCUT2D eigenvalue weighted by Crippen LogP contribution is -2.24. The molecule has 0 aliphatic heterocycles. The monoisotopic (exact) mass is 265 g/mol. The second-order valence-electron chi connectivity index (χ2n) is 4.35. The molecule has 0 fully saturated rings. The van der Waals surface area contributed by atoms with Crippen molar-refractivity contribution in [2.24, 2.45) is 0 Å². The largest absolute Gasteiger partial charge is 0.464 e. The quantitative estimate of drug-likeness (QED) is 0.545. The maximum absolute atomic E-state index is 11.0. The van der Waals surface area contributed by atoms with Gasteiger partial charge in [-0.1, -0.05) is 29.8 Å². The van der Waals surface area contributed by atoms with Gasteiger partial charge in [0.2, 0.25) is 0 Å². The maximum Gasteiger partial charge on any atom is 0.332 e. The summed E-state index contributed by atoms with van der Waals surface area (Å²) in [5.74, 6) is -0.303. The van der Waals surface area contributed by atoms with Crippen LogP contribution in [-0.4, -0.2) is 38.9 Å². The standard InChI is InChI=1S/C15H23NO3/c1-3-19-15(17)12-18-10-9-16-8-7-14-6-4-5-13(2)11-14/h4-6,11,16H,3,7-10,12H2,1-2H3. The predicted molar refractivity (Wildman–Crippen MR) is 75.2 cm³/mol. The first kappa shape index (κ1) is 15.7. The average Bonchev–Trinajstić information content (AvgIpc) is 2.38. The molecule has 1 N–H and O–H groups in total. The average molecular weight is 265 g/mol.